The predicted octanol–water partition coefficient (Wildman–Crippen LogP) is 3.30. The predicted molar refractivity (Wildman–Crippen MR) is 125 cm³/mol. The van der Waals surface area contributed by atoms with Gasteiger partial charge in [0.1, 0.15) is 18.7 Å². The molecule has 3 atom stereocenters. The summed E-state index contributed by atoms with van der Waals surface area (Å²) < 4.78 is 10.8. The van der Waals surface area contributed by atoms with E-state index in [1.807, 2.05) is 36.4 Å². The molecule has 34 heavy (non-hydrogen) atoms. The molecule has 8 nitrogen and oxygen atoms in total. The van der Waals surface area contributed by atoms with Gasteiger partial charge in [-0.05, 0) is 41.5 Å². The van der Waals surface area contributed by atoms with E-state index in [-0.39, 0.29) is 12.5 Å². The summed E-state index contributed by atoms with van der Waals surface area (Å²) in [6.45, 7) is 1.74. The maximum Gasteiger partial charge on any atom is 0.407 e. The fourth-order valence-corrected chi connectivity index (χ4v) is 4.47. The number of rotatable bonds is 10. The Morgan fingerprint density at radius 1 is 1.00 bits per heavy atom. The molecule has 4 rings (SSSR count). The van der Waals surface area contributed by atoms with Crippen LogP contribution >= 0.6 is 0 Å². The summed E-state index contributed by atoms with van der Waals surface area (Å²) in [5, 5.41) is 14.6. The van der Waals surface area contributed by atoms with Crippen molar-refractivity contribution < 1.29 is 29.0 Å². The number of carboxylic acids is 1. The van der Waals surface area contributed by atoms with Gasteiger partial charge in [-0.1, -0.05) is 61.4 Å². The average Bonchev–Trinajstić information content (AvgIpc) is 3.60. The summed E-state index contributed by atoms with van der Waals surface area (Å²) in [7, 11) is 1.42. The van der Waals surface area contributed by atoms with E-state index < -0.39 is 36.2 Å². The number of benzene rings is 2. The molecule has 0 radical (unpaired) electrons. The van der Waals surface area contributed by atoms with Crippen LogP contribution < -0.4 is 10.6 Å². The summed E-state index contributed by atoms with van der Waals surface area (Å²) in [5.41, 5.74) is 4.40. The first kappa shape index (κ1) is 23.8. The van der Waals surface area contributed by atoms with Crippen LogP contribution in [0.25, 0.3) is 11.1 Å². The van der Waals surface area contributed by atoms with Gasteiger partial charge in [-0.3, -0.25) is 4.79 Å². The zero-order valence-electron chi connectivity index (χ0n) is 19.3. The van der Waals surface area contributed by atoms with Gasteiger partial charge in [0.25, 0.3) is 0 Å². The molecule has 1 fully saturated rings. The Kier molecular flexibility index (Phi) is 7.17. The second-order valence-electron chi connectivity index (χ2n) is 8.97. The van der Waals surface area contributed by atoms with E-state index in [4.69, 9.17) is 9.47 Å². The number of methoxy groups -OCH3 is 1. The van der Waals surface area contributed by atoms with Crippen LogP contribution in [0.15, 0.2) is 48.5 Å². The Balaban J connectivity index is 1.40. The van der Waals surface area contributed by atoms with Crippen LogP contribution in [0, 0.1) is 5.92 Å². The van der Waals surface area contributed by atoms with Crippen LogP contribution in [-0.4, -0.2) is 55.0 Å². The van der Waals surface area contributed by atoms with Crippen LogP contribution in [0.1, 0.15) is 43.2 Å². The lowest BCUT2D eigenvalue weighted by Crippen LogP contribution is -2.56. The largest absolute Gasteiger partial charge is 0.480 e. The molecule has 8 heteroatoms. The number of ether oxygens (including phenoxy) is 2. The fraction of sp³-hybridized carbons (Fsp3) is 0.423. The number of hydrogen-bond donors (Lipinski definition) is 3. The number of carboxylic acid groups (broad SMARTS) is 1. The van der Waals surface area contributed by atoms with Crippen LogP contribution in [0.5, 0.6) is 0 Å². The first-order chi connectivity index (χ1) is 16.4. The van der Waals surface area contributed by atoms with Crippen molar-refractivity contribution in [3.63, 3.8) is 0 Å². The van der Waals surface area contributed by atoms with Crippen molar-refractivity contribution in [2.45, 2.75) is 50.3 Å². The van der Waals surface area contributed by atoms with Crippen molar-refractivity contribution in [3.05, 3.63) is 59.7 Å². The van der Waals surface area contributed by atoms with E-state index in [1.165, 1.54) is 7.11 Å². The maximum absolute atomic E-state index is 12.9. The minimum absolute atomic E-state index is 0.106. The Labute approximate surface area is 198 Å². The highest BCUT2D eigenvalue weighted by Crippen LogP contribution is 2.44. The quantitative estimate of drug-likeness (QED) is 0.495. The van der Waals surface area contributed by atoms with Gasteiger partial charge in [-0.2, -0.15) is 0 Å². The number of fused-ring (bicyclic) bond motifs is 3. The van der Waals surface area contributed by atoms with Gasteiger partial charge in [0.15, 0.2) is 0 Å². The number of alkyl carbamates (subject to hydrolysis) is 1. The van der Waals surface area contributed by atoms with E-state index >= 15 is 0 Å². The van der Waals surface area contributed by atoms with Crippen molar-refractivity contribution in [3.8, 4) is 11.1 Å². The summed E-state index contributed by atoms with van der Waals surface area (Å²) >= 11 is 0. The molecule has 0 unspecified atom stereocenters. The monoisotopic (exact) mass is 466 g/mol. The minimum Gasteiger partial charge on any atom is -0.480 e. The molecule has 0 bridgehead atoms. The van der Waals surface area contributed by atoms with E-state index in [0.29, 0.717) is 12.3 Å². The number of carbonyl (C=O) groups is 3. The zero-order chi connectivity index (χ0) is 24.2. The molecule has 0 heterocycles. The van der Waals surface area contributed by atoms with Gasteiger partial charge in [0.2, 0.25) is 5.91 Å². The SMILES string of the molecule is CO[C@H](C)[C@H](NC(=O)OCC1c2ccccc2-c2ccccc21)C(=O)N[C@@H](CC1CC1)C(=O)O. The first-order valence-electron chi connectivity index (χ1n) is 11.6. The lowest BCUT2D eigenvalue weighted by Gasteiger charge is -2.25. The molecular formula is C26H30N2O6. The van der Waals surface area contributed by atoms with Crippen molar-refractivity contribution in [2.24, 2.45) is 5.92 Å². The standard InChI is InChI=1S/C26H30N2O6/c1-15(33-2)23(24(29)27-22(25(30)31)13-16-11-12-16)28-26(32)34-14-21-19-9-5-3-7-17(19)18-8-4-6-10-20(18)21/h3-10,15-16,21-23H,11-14H2,1-2H3,(H,27,29)(H,28,32)(H,30,31)/t15-,22+,23+/m1/s1. The zero-order valence-corrected chi connectivity index (χ0v) is 19.3. The van der Waals surface area contributed by atoms with Gasteiger partial charge >= 0.3 is 12.1 Å². The Hall–Kier alpha value is -3.39. The summed E-state index contributed by atoms with van der Waals surface area (Å²) in [6.07, 6.45) is 0.862. The molecule has 2 aromatic carbocycles. The third-order valence-electron chi connectivity index (χ3n) is 6.62. The third kappa shape index (κ3) is 5.22. The van der Waals surface area contributed by atoms with Gasteiger partial charge < -0.3 is 25.2 Å². The number of carbonyl (C=O) groups excluding carboxylic acids is 2. The molecule has 0 aromatic heterocycles. The van der Waals surface area contributed by atoms with Gasteiger partial charge in [-0.25, -0.2) is 9.59 Å². The smallest absolute Gasteiger partial charge is 0.407 e. The Bertz CT molecular complexity index is 1020. The molecule has 3 N–H and O–H groups in total. The van der Waals surface area contributed by atoms with E-state index in [1.54, 1.807) is 6.92 Å². The topological polar surface area (TPSA) is 114 Å². The second-order valence-corrected chi connectivity index (χ2v) is 8.97. The Morgan fingerprint density at radius 3 is 2.12 bits per heavy atom. The average molecular weight is 467 g/mol. The molecule has 0 spiro atoms. The fourth-order valence-electron chi connectivity index (χ4n) is 4.47. The third-order valence-corrected chi connectivity index (χ3v) is 6.62. The molecule has 2 aliphatic rings. The van der Waals surface area contributed by atoms with E-state index in [9.17, 15) is 19.5 Å². The van der Waals surface area contributed by atoms with Gasteiger partial charge in [0.05, 0.1) is 6.10 Å². The van der Waals surface area contributed by atoms with Crippen LogP contribution in [-0.2, 0) is 19.1 Å². The number of hydrogen-bond acceptors (Lipinski definition) is 5. The maximum atomic E-state index is 12.9. The molecule has 0 aliphatic heterocycles. The van der Waals surface area contributed by atoms with E-state index in [2.05, 4.69) is 22.8 Å². The molecule has 0 saturated heterocycles. The van der Waals surface area contributed by atoms with Crippen LogP contribution in [0.2, 0.25) is 0 Å². The van der Waals surface area contributed by atoms with Crippen molar-refractivity contribution in [1.29, 1.82) is 0 Å². The summed E-state index contributed by atoms with van der Waals surface area (Å²) in [6, 6.07) is 13.9. The van der Waals surface area contributed by atoms with Crippen molar-refractivity contribution in [1.82, 2.24) is 10.6 Å². The normalized spacial score (nSPS) is 17.1. The lowest BCUT2D eigenvalue weighted by molar-refractivity contribution is -0.143. The molecule has 1 saturated carbocycles. The van der Waals surface area contributed by atoms with Crippen LogP contribution in [0.4, 0.5) is 4.79 Å². The highest BCUT2D eigenvalue weighted by atomic mass is 16.5. The first-order valence-corrected chi connectivity index (χ1v) is 11.6. The molecule has 180 valence electrons. The Morgan fingerprint density at radius 2 is 1.59 bits per heavy atom. The van der Waals surface area contributed by atoms with Crippen molar-refractivity contribution in [2.75, 3.05) is 13.7 Å². The highest BCUT2D eigenvalue weighted by molar-refractivity contribution is 5.89. The number of nitrogens with one attached hydrogen (secondary N) is 2. The lowest BCUT2D eigenvalue weighted by atomic mass is 9.98. The van der Waals surface area contributed by atoms with Crippen LogP contribution in [0.3, 0.4) is 0 Å². The van der Waals surface area contributed by atoms with E-state index in [0.717, 1.165) is 35.1 Å². The number of aliphatic carboxylic acids is 1. The van der Waals surface area contributed by atoms with Crippen molar-refractivity contribution >= 4 is 18.0 Å². The summed E-state index contributed by atoms with van der Waals surface area (Å²) in [5.74, 6) is -1.50. The molecule has 2 amide bonds. The second kappa shape index (κ2) is 10.3. The van der Waals surface area contributed by atoms with Gasteiger partial charge in [0, 0.05) is 13.0 Å². The summed E-state index contributed by atoms with van der Waals surface area (Å²) in [4.78, 5) is 37.1. The highest BCUT2D eigenvalue weighted by Gasteiger charge is 2.35. The molecular weight excluding hydrogens is 436 g/mol. The molecule has 2 aliphatic carbocycles. The minimum atomic E-state index is -1.10. The van der Waals surface area contributed by atoms with Gasteiger partial charge in [-0.15, -0.1) is 0 Å². The number of amides is 2. The molecule has 2 aromatic rings.